The number of anilines is 2. The molecule has 110 valence electrons. The number of rotatable bonds is 5. The maximum atomic E-state index is 12.0. The monoisotopic (exact) mass is 304 g/mol. The Kier molecular flexibility index (Phi) is 5.06. The van der Waals surface area contributed by atoms with Crippen LogP contribution in [0.2, 0.25) is 5.02 Å². The molecule has 0 heterocycles. The van der Waals surface area contributed by atoms with E-state index in [1.165, 1.54) is 0 Å². The molecule has 0 bridgehead atoms. The molecule has 5 heteroatoms. The minimum absolute atomic E-state index is 0.111. The van der Waals surface area contributed by atoms with Gasteiger partial charge in [-0.3, -0.25) is 4.79 Å². The second-order valence-electron chi connectivity index (χ2n) is 4.54. The van der Waals surface area contributed by atoms with Crippen molar-refractivity contribution in [2.45, 2.75) is 13.3 Å². The van der Waals surface area contributed by atoms with Gasteiger partial charge in [0.1, 0.15) is 5.75 Å². The van der Waals surface area contributed by atoms with Crippen molar-refractivity contribution in [1.82, 2.24) is 0 Å². The van der Waals surface area contributed by atoms with E-state index in [1.54, 1.807) is 30.3 Å². The van der Waals surface area contributed by atoms with Crippen LogP contribution in [0.4, 0.5) is 11.4 Å². The molecule has 0 aliphatic heterocycles. The molecule has 0 saturated heterocycles. The highest BCUT2D eigenvalue weighted by Crippen LogP contribution is 2.27. The summed E-state index contributed by atoms with van der Waals surface area (Å²) in [4.78, 5) is 12.0. The van der Waals surface area contributed by atoms with Gasteiger partial charge < -0.3 is 15.8 Å². The van der Waals surface area contributed by atoms with Gasteiger partial charge in [-0.15, -0.1) is 0 Å². The fraction of sp³-hybridized carbons (Fsp3) is 0.188. The van der Waals surface area contributed by atoms with Crippen LogP contribution in [0.1, 0.15) is 12.5 Å². The van der Waals surface area contributed by atoms with Crippen molar-refractivity contribution in [1.29, 1.82) is 0 Å². The van der Waals surface area contributed by atoms with Crippen LogP contribution in [0, 0.1) is 0 Å². The van der Waals surface area contributed by atoms with Crippen LogP contribution >= 0.6 is 11.6 Å². The Hall–Kier alpha value is -2.20. The first kappa shape index (κ1) is 15.2. The van der Waals surface area contributed by atoms with Crippen LogP contribution in [-0.2, 0) is 11.2 Å². The Bertz CT molecular complexity index is 627. The zero-order valence-corrected chi connectivity index (χ0v) is 12.5. The van der Waals surface area contributed by atoms with Gasteiger partial charge in [0.05, 0.1) is 18.1 Å². The van der Waals surface area contributed by atoms with Crippen molar-refractivity contribution in [2.75, 3.05) is 17.7 Å². The van der Waals surface area contributed by atoms with Gasteiger partial charge in [0.2, 0.25) is 5.91 Å². The molecule has 0 aliphatic carbocycles. The Morgan fingerprint density at radius 3 is 2.57 bits per heavy atom. The van der Waals surface area contributed by atoms with E-state index < -0.39 is 0 Å². The van der Waals surface area contributed by atoms with E-state index in [0.29, 0.717) is 28.8 Å². The average molecular weight is 305 g/mol. The third-order valence-electron chi connectivity index (χ3n) is 2.86. The van der Waals surface area contributed by atoms with Crippen LogP contribution in [-0.4, -0.2) is 12.5 Å². The van der Waals surface area contributed by atoms with Gasteiger partial charge in [0.25, 0.3) is 0 Å². The molecule has 0 aliphatic rings. The van der Waals surface area contributed by atoms with Crippen molar-refractivity contribution in [3.05, 3.63) is 53.1 Å². The van der Waals surface area contributed by atoms with Gasteiger partial charge in [-0.25, -0.2) is 0 Å². The van der Waals surface area contributed by atoms with E-state index in [2.05, 4.69) is 5.32 Å². The van der Waals surface area contributed by atoms with Gasteiger partial charge in [-0.2, -0.15) is 0 Å². The summed E-state index contributed by atoms with van der Waals surface area (Å²) in [5, 5.41) is 3.28. The molecular formula is C16H17ClN2O2. The van der Waals surface area contributed by atoms with E-state index in [1.807, 2.05) is 19.1 Å². The lowest BCUT2D eigenvalue weighted by molar-refractivity contribution is -0.115. The standard InChI is InChI=1S/C16H17ClN2O2/c1-2-21-15-8-7-13(10-14(15)17)19-16(20)9-11-3-5-12(18)6-4-11/h3-8,10H,2,9,18H2,1H3,(H,19,20). The summed E-state index contributed by atoms with van der Waals surface area (Å²) < 4.78 is 5.35. The van der Waals surface area contributed by atoms with E-state index in [0.717, 1.165) is 5.56 Å². The van der Waals surface area contributed by atoms with E-state index in [-0.39, 0.29) is 12.3 Å². The largest absolute Gasteiger partial charge is 0.492 e. The Balaban J connectivity index is 1.99. The first-order valence-corrected chi connectivity index (χ1v) is 7.03. The van der Waals surface area contributed by atoms with Crippen molar-refractivity contribution in [2.24, 2.45) is 0 Å². The summed E-state index contributed by atoms with van der Waals surface area (Å²) in [5.41, 5.74) is 7.83. The average Bonchev–Trinajstić information content (AvgIpc) is 2.44. The summed E-state index contributed by atoms with van der Waals surface area (Å²) in [6.45, 7) is 2.43. The zero-order valence-electron chi connectivity index (χ0n) is 11.7. The minimum atomic E-state index is -0.111. The number of benzene rings is 2. The predicted molar refractivity (Wildman–Crippen MR) is 85.8 cm³/mol. The van der Waals surface area contributed by atoms with Gasteiger partial charge >= 0.3 is 0 Å². The van der Waals surface area contributed by atoms with Gasteiger partial charge in [-0.05, 0) is 42.8 Å². The Morgan fingerprint density at radius 1 is 1.24 bits per heavy atom. The van der Waals surface area contributed by atoms with Gasteiger partial charge in [0, 0.05) is 11.4 Å². The molecule has 0 radical (unpaired) electrons. The van der Waals surface area contributed by atoms with Crippen LogP contribution < -0.4 is 15.8 Å². The van der Waals surface area contributed by atoms with Crippen LogP contribution in [0.5, 0.6) is 5.75 Å². The lowest BCUT2D eigenvalue weighted by Crippen LogP contribution is -2.14. The molecule has 3 N–H and O–H groups in total. The highest BCUT2D eigenvalue weighted by Gasteiger charge is 2.07. The molecule has 0 saturated carbocycles. The first-order chi connectivity index (χ1) is 10.1. The molecule has 2 aromatic rings. The van der Waals surface area contributed by atoms with E-state index in [9.17, 15) is 4.79 Å². The SMILES string of the molecule is CCOc1ccc(NC(=O)Cc2ccc(N)cc2)cc1Cl. The number of ether oxygens (including phenoxy) is 1. The molecule has 0 unspecified atom stereocenters. The maximum Gasteiger partial charge on any atom is 0.228 e. The Labute approximate surface area is 128 Å². The number of nitrogens with two attached hydrogens (primary N) is 1. The van der Waals surface area contributed by atoms with E-state index in [4.69, 9.17) is 22.1 Å². The number of carbonyl (C=O) groups is 1. The fourth-order valence-electron chi connectivity index (χ4n) is 1.88. The third kappa shape index (κ3) is 4.39. The highest BCUT2D eigenvalue weighted by molar-refractivity contribution is 6.32. The third-order valence-corrected chi connectivity index (χ3v) is 3.16. The Morgan fingerprint density at radius 2 is 1.95 bits per heavy atom. The number of nitrogen functional groups attached to an aromatic ring is 1. The van der Waals surface area contributed by atoms with Crippen molar-refractivity contribution in [3.8, 4) is 5.75 Å². The number of hydrogen-bond acceptors (Lipinski definition) is 3. The number of halogens is 1. The number of amides is 1. The summed E-state index contributed by atoms with van der Waals surface area (Å²) in [5.74, 6) is 0.496. The van der Waals surface area contributed by atoms with E-state index >= 15 is 0 Å². The molecule has 0 fully saturated rings. The normalized spacial score (nSPS) is 10.2. The lowest BCUT2D eigenvalue weighted by Gasteiger charge is -2.09. The number of nitrogens with one attached hydrogen (secondary N) is 1. The van der Waals surface area contributed by atoms with Gasteiger partial charge in [-0.1, -0.05) is 23.7 Å². The molecule has 0 aromatic heterocycles. The minimum Gasteiger partial charge on any atom is -0.492 e. The number of hydrogen-bond donors (Lipinski definition) is 2. The zero-order chi connectivity index (χ0) is 15.2. The highest BCUT2D eigenvalue weighted by atomic mass is 35.5. The summed E-state index contributed by atoms with van der Waals surface area (Å²) >= 11 is 6.08. The molecule has 21 heavy (non-hydrogen) atoms. The molecule has 4 nitrogen and oxygen atoms in total. The van der Waals surface area contributed by atoms with Crippen molar-refractivity contribution < 1.29 is 9.53 Å². The molecule has 0 atom stereocenters. The van der Waals surface area contributed by atoms with Crippen molar-refractivity contribution >= 4 is 28.9 Å². The maximum absolute atomic E-state index is 12.0. The number of carbonyl (C=O) groups excluding carboxylic acids is 1. The summed E-state index contributed by atoms with van der Waals surface area (Å²) in [6.07, 6.45) is 0.283. The van der Waals surface area contributed by atoms with Gasteiger partial charge in [0.15, 0.2) is 0 Å². The smallest absolute Gasteiger partial charge is 0.228 e. The molecule has 2 aromatic carbocycles. The topological polar surface area (TPSA) is 64.3 Å². The van der Waals surface area contributed by atoms with Crippen LogP contribution in [0.3, 0.4) is 0 Å². The molecule has 0 spiro atoms. The summed E-state index contributed by atoms with van der Waals surface area (Å²) in [7, 11) is 0. The first-order valence-electron chi connectivity index (χ1n) is 6.65. The summed E-state index contributed by atoms with van der Waals surface area (Å²) in [6, 6.07) is 12.4. The second-order valence-corrected chi connectivity index (χ2v) is 4.95. The molecule has 1 amide bonds. The quantitative estimate of drug-likeness (QED) is 0.831. The van der Waals surface area contributed by atoms with Crippen LogP contribution in [0.25, 0.3) is 0 Å². The fourth-order valence-corrected chi connectivity index (χ4v) is 2.11. The van der Waals surface area contributed by atoms with Crippen molar-refractivity contribution in [3.63, 3.8) is 0 Å². The van der Waals surface area contributed by atoms with Crippen LogP contribution in [0.15, 0.2) is 42.5 Å². The molecular weight excluding hydrogens is 288 g/mol. The predicted octanol–water partition coefficient (Wildman–Crippen LogP) is 3.50. The molecule has 2 rings (SSSR count). The second kappa shape index (κ2) is 6.99. The lowest BCUT2D eigenvalue weighted by atomic mass is 10.1.